The minimum Gasteiger partial charge on any atom is -0.466 e. The molecule has 0 spiro atoms. The molecule has 0 aromatic heterocycles. The molecule has 0 saturated carbocycles. The normalized spacial score (nSPS) is 28.2. The molecule has 1 unspecified atom stereocenters. The van der Waals surface area contributed by atoms with Crippen molar-refractivity contribution in [3.8, 4) is 0 Å². The van der Waals surface area contributed by atoms with E-state index in [9.17, 15) is 4.79 Å². The molecule has 16 heavy (non-hydrogen) atoms. The quantitative estimate of drug-likeness (QED) is 0.716. The van der Waals surface area contributed by atoms with Gasteiger partial charge in [-0.1, -0.05) is 0 Å². The van der Waals surface area contributed by atoms with Gasteiger partial charge < -0.3 is 10.1 Å². The molecule has 0 bridgehead atoms. The highest BCUT2D eigenvalue weighted by atomic mass is 16.5. The molecule has 2 saturated heterocycles. The van der Waals surface area contributed by atoms with E-state index in [0.717, 1.165) is 39.0 Å². The Labute approximate surface area is 97.3 Å². The zero-order valence-corrected chi connectivity index (χ0v) is 10.1. The van der Waals surface area contributed by atoms with Crippen LogP contribution in [0, 0.1) is 5.92 Å². The van der Waals surface area contributed by atoms with E-state index in [4.69, 9.17) is 4.74 Å². The Balaban J connectivity index is 1.75. The van der Waals surface area contributed by atoms with Crippen LogP contribution >= 0.6 is 0 Å². The zero-order valence-electron chi connectivity index (χ0n) is 10.1. The highest BCUT2D eigenvalue weighted by molar-refractivity contribution is 5.72. The van der Waals surface area contributed by atoms with E-state index in [1.807, 2.05) is 6.92 Å². The first-order chi connectivity index (χ1) is 7.81. The molecule has 2 fully saturated rings. The van der Waals surface area contributed by atoms with Gasteiger partial charge >= 0.3 is 5.97 Å². The largest absolute Gasteiger partial charge is 0.466 e. The van der Waals surface area contributed by atoms with Crippen LogP contribution < -0.4 is 5.32 Å². The van der Waals surface area contributed by atoms with Crippen LogP contribution in [0.5, 0.6) is 0 Å². The van der Waals surface area contributed by atoms with Gasteiger partial charge in [-0.15, -0.1) is 0 Å². The molecule has 0 amide bonds. The summed E-state index contributed by atoms with van der Waals surface area (Å²) in [4.78, 5) is 14.1. The SMILES string of the molecule is CCOC(=O)C1CCN(C2CCNC2)CC1. The van der Waals surface area contributed by atoms with Gasteiger partial charge in [-0.3, -0.25) is 9.69 Å². The van der Waals surface area contributed by atoms with E-state index >= 15 is 0 Å². The van der Waals surface area contributed by atoms with Crippen LogP contribution in [0.25, 0.3) is 0 Å². The molecule has 4 nitrogen and oxygen atoms in total. The fourth-order valence-electron chi connectivity index (χ4n) is 2.71. The summed E-state index contributed by atoms with van der Waals surface area (Å²) < 4.78 is 5.07. The third-order valence-electron chi connectivity index (χ3n) is 3.70. The van der Waals surface area contributed by atoms with Crippen LogP contribution in [0.3, 0.4) is 0 Å². The van der Waals surface area contributed by atoms with Crippen LogP contribution in [-0.2, 0) is 9.53 Å². The first kappa shape index (κ1) is 11.9. The van der Waals surface area contributed by atoms with E-state index in [2.05, 4.69) is 10.2 Å². The van der Waals surface area contributed by atoms with Gasteiger partial charge in [-0.25, -0.2) is 0 Å². The summed E-state index contributed by atoms with van der Waals surface area (Å²) in [6.45, 7) is 6.74. The van der Waals surface area contributed by atoms with Gasteiger partial charge in [-0.2, -0.15) is 0 Å². The van der Waals surface area contributed by atoms with Gasteiger partial charge in [0.15, 0.2) is 0 Å². The van der Waals surface area contributed by atoms with Gasteiger partial charge in [0.05, 0.1) is 12.5 Å². The minimum absolute atomic E-state index is 0.00620. The van der Waals surface area contributed by atoms with Gasteiger partial charge in [0.25, 0.3) is 0 Å². The van der Waals surface area contributed by atoms with E-state index in [1.165, 1.54) is 6.42 Å². The molecule has 92 valence electrons. The van der Waals surface area contributed by atoms with E-state index < -0.39 is 0 Å². The summed E-state index contributed by atoms with van der Waals surface area (Å²) in [6.07, 6.45) is 3.19. The second kappa shape index (κ2) is 5.64. The van der Waals surface area contributed by atoms with Gasteiger partial charge in [-0.05, 0) is 45.8 Å². The smallest absolute Gasteiger partial charge is 0.309 e. The molecule has 1 atom stereocenters. The average molecular weight is 226 g/mol. The number of hydrogen-bond donors (Lipinski definition) is 1. The maximum absolute atomic E-state index is 11.6. The number of nitrogens with zero attached hydrogens (tertiary/aromatic N) is 1. The Bertz CT molecular complexity index is 231. The van der Waals surface area contributed by atoms with Crippen LogP contribution in [0.15, 0.2) is 0 Å². The third-order valence-corrected chi connectivity index (χ3v) is 3.70. The monoisotopic (exact) mass is 226 g/mol. The predicted molar refractivity (Wildman–Crippen MR) is 62.2 cm³/mol. The topological polar surface area (TPSA) is 41.6 Å². The molecule has 0 aromatic rings. The minimum atomic E-state index is 0.00620. The molecule has 0 radical (unpaired) electrons. The molecule has 2 aliphatic heterocycles. The molecule has 0 aromatic carbocycles. The number of piperidine rings is 1. The molecule has 2 aliphatic rings. The Hall–Kier alpha value is -0.610. The van der Waals surface area contributed by atoms with Crippen molar-refractivity contribution in [2.24, 2.45) is 5.92 Å². The molecule has 2 rings (SSSR count). The fourth-order valence-corrected chi connectivity index (χ4v) is 2.71. The van der Waals surface area contributed by atoms with Crippen molar-refractivity contribution in [2.75, 3.05) is 32.8 Å². The lowest BCUT2D eigenvalue weighted by molar-refractivity contribution is -0.149. The maximum Gasteiger partial charge on any atom is 0.309 e. The number of likely N-dealkylation sites (tertiary alicyclic amines) is 1. The van der Waals surface area contributed by atoms with Crippen LogP contribution in [0.2, 0.25) is 0 Å². The lowest BCUT2D eigenvalue weighted by Crippen LogP contribution is -2.44. The Morgan fingerprint density at radius 1 is 1.38 bits per heavy atom. The van der Waals surface area contributed by atoms with E-state index in [1.54, 1.807) is 0 Å². The summed E-state index contributed by atoms with van der Waals surface area (Å²) in [5, 5.41) is 3.39. The van der Waals surface area contributed by atoms with Crippen LogP contribution in [-0.4, -0.2) is 49.7 Å². The van der Waals surface area contributed by atoms with E-state index in [0.29, 0.717) is 12.6 Å². The van der Waals surface area contributed by atoms with Gasteiger partial charge in [0.2, 0.25) is 0 Å². The molecule has 0 aliphatic carbocycles. The second-order valence-electron chi connectivity index (χ2n) is 4.71. The van der Waals surface area contributed by atoms with Crippen molar-refractivity contribution in [3.05, 3.63) is 0 Å². The van der Waals surface area contributed by atoms with E-state index in [-0.39, 0.29) is 11.9 Å². The van der Waals surface area contributed by atoms with Crippen molar-refractivity contribution in [1.82, 2.24) is 10.2 Å². The van der Waals surface area contributed by atoms with Crippen molar-refractivity contribution in [1.29, 1.82) is 0 Å². The highest BCUT2D eigenvalue weighted by Gasteiger charge is 2.30. The molecule has 1 N–H and O–H groups in total. The number of esters is 1. The van der Waals surface area contributed by atoms with Crippen LogP contribution in [0.4, 0.5) is 0 Å². The number of hydrogen-bond acceptors (Lipinski definition) is 4. The number of carbonyl (C=O) groups is 1. The summed E-state index contributed by atoms with van der Waals surface area (Å²) in [6, 6.07) is 0.697. The molecular weight excluding hydrogens is 204 g/mol. The first-order valence-electron chi connectivity index (χ1n) is 6.42. The zero-order chi connectivity index (χ0) is 11.4. The van der Waals surface area contributed by atoms with Crippen molar-refractivity contribution in [2.45, 2.75) is 32.2 Å². The van der Waals surface area contributed by atoms with Crippen LogP contribution in [0.1, 0.15) is 26.2 Å². The summed E-state index contributed by atoms with van der Waals surface area (Å²) in [5.41, 5.74) is 0. The number of ether oxygens (including phenoxy) is 1. The van der Waals surface area contributed by atoms with Gasteiger partial charge in [0.1, 0.15) is 0 Å². The third kappa shape index (κ3) is 2.74. The average Bonchev–Trinajstić information content (AvgIpc) is 2.83. The van der Waals surface area contributed by atoms with Crippen molar-refractivity contribution < 1.29 is 9.53 Å². The van der Waals surface area contributed by atoms with Crippen molar-refractivity contribution in [3.63, 3.8) is 0 Å². The Morgan fingerprint density at radius 3 is 2.69 bits per heavy atom. The molecule has 4 heteroatoms. The molecular formula is C12H22N2O2. The predicted octanol–water partition coefficient (Wildman–Crippen LogP) is 0.623. The summed E-state index contributed by atoms with van der Waals surface area (Å²) in [5.74, 6) is 0.150. The van der Waals surface area contributed by atoms with Gasteiger partial charge in [0, 0.05) is 12.6 Å². The lowest BCUT2D eigenvalue weighted by Gasteiger charge is -2.34. The number of rotatable bonds is 3. The second-order valence-corrected chi connectivity index (χ2v) is 4.71. The lowest BCUT2D eigenvalue weighted by atomic mass is 9.95. The molecule has 2 heterocycles. The first-order valence-corrected chi connectivity index (χ1v) is 6.42. The Kier molecular flexibility index (Phi) is 4.18. The summed E-state index contributed by atoms with van der Waals surface area (Å²) >= 11 is 0. The number of nitrogens with one attached hydrogen (secondary N) is 1. The highest BCUT2D eigenvalue weighted by Crippen LogP contribution is 2.22. The standard InChI is InChI=1S/C12H22N2O2/c1-2-16-12(15)10-4-7-14(8-5-10)11-3-6-13-9-11/h10-11,13H,2-9H2,1H3. The fraction of sp³-hybridized carbons (Fsp3) is 0.917. The maximum atomic E-state index is 11.6. The van der Waals surface area contributed by atoms with Crippen molar-refractivity contribution >= 4 is 5.97 Å². The number of carbonyl (C=O) groups excluding carboxylic acids is 1. The Morgan fingerprint density at radius 2 is 2.12 bits per heavy atom. The summed E-state index contributed by atoms with van der Waals surface area (Å²) in [7, 11) is 0.